The van der Waals surface area contributed by atoms with Crippen molar-refractivity contribution in [3.05, 3.63) is 63.1 Å². The van der Waals surface area contributed by atoms with Crippen molar-refractivity contribution in [2.24, 2.45) is 0 Å². The molecule has 5 nitrogen and oxygen atoms in total. The fourth-order valence-corrected chi connectivity index (χ4v) is 4.85. The summed E-state index contributed by atoms with van der Waals surface area (Å²) in [7, 11) is 2.06. The number of hydrogen-bond donors (Lipinski definition) is 1. The Morgan fingerprint density at radius 3 is 2.81 bits per heavy atom. The Kier molecular flexibility index (Phi) is 5.31. The second-order valence-corrected chi connectivity index (χ2v) is 9.14. The molecule has 1 N–H and O–H groups in total. The van der Waals surface area contributed by atoms with Crippen LogP contribution in [0.4, 0.5) is 10.8 Å². The molecule has 0 radical (unpaired) electrons. The lowest BCUT2D eigenvalue weighted by molar-refractivity contribution is 0.245. The minimum atomic E-state index is 0.626. The maximum Gasteiger partial charge on any atom is 0.209 e. The summed E-state index contributed by atoms with van der Waals surface area (Å²) in [5, 5.41) is 9.86. The smallest absolute Gasteiger partial charge is 0.209 e. The number of aromatic nitrogens is 3. The molecule has 0 saturated carbocycles. The third-order valence-electron chi connectivity index (χ3n) is 3.99. The number of rotatable bonds is 6. The molecule has 0 spiro atoms. The minimum absolute atomic E-state index is 0.626. The first-order valence-corrected chi connectivity index (χ1v) is 10.6. The molecule has 0 amide bonds. The van der Waals surface area contributed by atoms with Crippen molar-refractivity contribution in [3.8, 4) is 0 Å². The molecule has 2 heterocycles. The van der Waals surface area contributed by atoms with E-state index < -0.39 is 0 Å². The van der Waals surface area contributed by atoms with Crippen LogP contribution in [0.15, 0.2) is 48.5 Å². The number of nitrogens with zero attached hydrogens (tertiary/aromatic N) is 4. The highest BCUT2D eigenvalue weighted by Crippen LogP contribution is 2.23. The molecule has 0 aliphatic rings. The number of thiazole rings is 1. The average Bonchev–Trinajstić information content (AvgIpc) is 3.17. The highest BCUT2D eigenvalue weighted by molar-refractivity contribution is 7.73. The van der Waals surface area contributed by atoms with E-state index in [1.54, 1.807) is 11.3 Å². The molecule has 0 bridgehead atoms. The molecule has 2 aromatic heterocycles. The Labute approximate surface area is 170 Å². The maximum absolute atomic E-state index is 5.49. The van der Waals surface area contributed by atoms with Crippen LogP contribution in [0, 0.1) is 10.9 Å². The number of nitrogens with one attached hydrogen (secondary N) is 1. The van der Waals surface area contributed by atoms with Gasteiger partial charge in [-0.15, -0.1) is 16.4 Å². The molecule has 0 aliphatic heterocycles. The molecular weight excluding hydrogens is 394 g/mol. The van der Waals surface area contributed by atoms with Crippen LogP contribution in [-0.2, 0) is 13.2 Å². The highest BCUT2D eigenvalue weighted by atomic mass is 32.1. The quantitative estimate of drug-likeness (QED) is 0.427. The first-order valence-electron chi connectivity index (χ1n) is 8.51. The van der Waals surface area contributed by atoms with Crippen molar-refractivity contribution >= 4 is 55.9 Å². The van der Waals surface area contributed by atoms with Gasteiger partial charge in [-0.3, -0.25) is 4.90 Å². The molecule has 8 heteroatoms. The Balaban J connectivity index is 1.44. The van der Waals surface area contributed by atoms with Crippen molar-refractivity contribution in [3.63, 3.8) is 0 Å². The molecule has 27 heavy (non-hydrogen) atoms. The monoisotopic (exact) mass is 413 g/mol. The van der Waals surface area contributed by atoms with Crippen LogP contribution in [0.25, 0.3) is 10.2 Å². The van der Waals surface area contributed by atoms with Gasteiger partial charge < -0.3 is 5.32 Å². The first kappa shape index (κ1) is 18.2. The third kappa shape index (κ3) is 4.41. The number of para-hydroxylation sites is 1. The molecule has 4 rings (SSSR count). The van der Waals surface area contributed by atoms with Gasteiger partial charge >= 0.3 is 0 Å². The number of hydrogen-bond acceptors (Lipinski definition) is 7. The Bertz CT molecular complexity index is 1090. The van der Waals surface area contributed by atoms with Gasteiger partial charge in [0.2, 0.25) is 5.13 Å². The topological polar surface area (TPSA) is 46.0 Å². The molecular formula is C19H19N5S3. The fourth-order valence-electron chi connectivity index (χ4n) is 2.79. The summed E-state index contributed by atoms with van der Waals surface area (Å²) in [6.45, 7) is 3.46. The van der Waals surface area contributed by atoms with E-state index in [0.717, 1.165) is 31.8 Å². The van der Waals surface area contributed by atoms with E-state index in [1.165, 1.54) is 21.6 Å². The van der Waals surface area contributed by atoms with Crippen molar-refractivity contribution in [1.29, 1.82) is 0 Å². The summed E-state index contributed by atoms with van der Waals surface area (Å²) in [5.74, 6) is 0. The average molecular weight is 414 g/mol. The molecule has 138 valence electrons. The zero-order valence-corrected chi connectivity index (χ0v) is 17.5. The second-order valence-electron chi connectivity index (χ2n) is 6.40. The molecule has 0 atom stereocenters. The van der Waals surface area contributed by atoms with Gasteiger partial charge in [0.05, 0.1) is 23.4 Å². The summed E-state index contributed by atoms with van der Waals surface area (Å²) in [6, 6.07) is 16.4. The van der Waals surface area contributed by atoms with Crippen LogP contribution in [0.2, 0.25) is 0 Å². The maximum atomic E-state index is 5.49. The minimum Gasteiger partial charge on any atom is -0.330 e. The lowest BCUT2D eigenvalue weighted by Gasteiger charge is -2.14. The normalized spacial score (nSPS) is 11.4. The van der Waals surface area contributed by atoms with E-state index in [-0.39, 0.29) is 0 Å². The summed E-state index contributed by atoms with van der Waals surface area (Å²) in [6.07, 6.45) is 0. The summed E-state index contributed by atoms with van der Waals surface area (Å²) in [4.78, 5) is 6.87. The number of aryl methyl sites for hydroxylation is 1. The standard InChI is InChI=1S/C19H19N5S3/c1-13-6-5-7-14(10-13)20-18-22-24(19(25)27-18)12-23(2)11-17-21-15-8-3-4-9-16(15)26-17/h3-10H,11-12H2,1-2H3,(H,20,22). The molecule has 4 aromatic rings. The van der Waals surface area contributed by atoms with Gasteiger partial charge in [0, 0.05) is 5.69 Å². The van der Waals surface area contributed by atoms with Gasteiger partial charge in [0.1, 0.15) is 5.01 Å². The summed E-state index contributed by atoms with van der Waals surface area (Å²) in [5.41, 5.74) is 3.29. The van der Waals surface area contributed by atoms with Crippen molar-refractivity contribution < 1.29 is 0 Å². The molecule has 0 saturated heterocycles. The second kappa shape index (κ2) is 7.85. The fraction of sp³-hybridized carbons (Fsp3) is 0.211. The van der Waals surface area contributed by atoms with E-state index in [4.69, 9.17) is 17.2 Å². The lowest BCUT2D eigenvalue weighted by atomic mass is 10.2. The van der Waals surface area contributed by atoms with Crippen LogP contribution in [0.5, 0.6) is 0 Å². The molecule has 2 aromatic carbocycles. The largest absolute Gasteiger partial charge is 0.330 e. The SMILES string of the molecule is Cc1cccc(Nc2nn(CN(C)Cc3nc4ccccc4s3)c(=S)s2)c1. The van der Waals surface area contributed by atoms with Gasteiger partial charge in [-0.05, 0) is 56.0 Å². The first-order chi connectivity index (χ1) is 13.1. The third-order valence-corrected chi connectivity index (χ3v) is 6.24. The van der Waals surface area contributed by atoms with E-state index in [9.17, 15) is 0 Å². The van der Waals surface area contributed by atoms with Crippen LogP contribution >= 0.6 is 34.9 Å². The Hall–Kier alpha value is -2.13. The summed E-state index contributed by atoms with van der Waals surface area (Å²) >= 11 is 8.70. The van der Waals surface area contributed by atoms with Crippen LogP contribution in [0.1, 0.15) is 10.6 Å². The number of benzene rings is 2. The predicted molar refractivity (Wildman–Crippen MR) is 116 cm³/mol. The van der Waals surface area contributed by atoms with E-state index in [0.29, 0.717) is 6.67 Å². The lowest BCUT2D eigenvalue weighted by Crippen LogP contribution is -2.22. The Morgan fingerprint density at radius 1 is 1.15 bits per heavy atom. The highest BCUT2D eigenvalue weighted by Gasteiger charge is 2.10. The van der Waals surface area contributed by atoms with E-state index in [2.05, 4.69) is 53.6 Å². The van der Waals surface area contributed by atoms with Gasteiger partial charge in [-0.1, -0.05) is 35.6 Å². The van der Waals surface area contributed by atoms with Crippen molar-refractivity contribution in [1.82, 2.24) is 19.7 Å². The van der Waals surface area contributed by atoms with Crippen LogP contribution in [-0.4, -0.2) is 26.7 Å². The van der Waals surface area contributed by atoms with Crippen LogP contribution in [0.3, 0.4) is 0 Å². The van der Waals surface area contributed by atoms with Gasteiger partial charge in [0.25, 0.3) is 0 Å². The Morgan fingerprint density at radius 2 is 2.00 bits per heavy atom. The molecule has 0 aliphatic carbocycles. The number of anilines is 2. The van der Waals surface area contributed by atoms with Gasteiger partial charge in [-0.2, -0.15) is 0 Å². The molecule has 0 unspecified atom stereocenters. The summed E-state index contributed by atoms with van der Waals surface area (Å²) < 4.78 is 3.82. The van der Waals surface area contributed by atoms with Crippen molar-refractivity contribution in [2.45, 2.75) is 20.1 Å². The zero-order valence-electron chi connectivity index (χ0n) is 15.0. The van der Waals surface area contributed by atoms with Crippen molar-refractivity contribution in [2.75, 3.05) is 12.4 Å². The van der Waals surface area contributed by atoms with Crippen LogP contribution < -0.4 is 5.32 Å². The predicted octanol–water partition coefficient (Wildman–Crippen LogP) is 5.43. The number of fused-ring (bicyclic) bond motifs is 1. The van der Waals surface area contributed by atoms with E-state index >= 15 is 0 Å². The van der Waals surface area contributed by atoms with E-state index in [1.807, 2.05) is 28.9 Å². The van der Waals surface area contributed by atoms with Gasteiger partial charge in [-0.25, -0.2) is 9.67 Å². The van der Waals surface area contributed by atoms with Gasteiger partial charge in [0.15, 0.2) is 3.95 Å². The zero-order chi connectivity index (χ0) is 18.8. The molecule has 0 fully saturated rings.